The number of carbonyl (C=O) groups excluding carboxylic acids is 1. The third-order valence-corrected chi connectivity index (χ3v) is 3.66. The van der Waals surface area contributed by atoms with Crippen molar-refractivity contribution in [3.8, 4) is 0 Å². The first-order valence-electron chi connectivity index (χ1n) is 6.99. The lowest BCUT2D eigenvalue weighted by Gasteiger charge is -2.07. The molecule has 0 saturated heterocycles. The number of benzene rings is 1. The molecule has 0 radical (unpaired) electrons. The molecule has 0 bridgehead atoms. The van der Waals surface area contributed by atoms with Gasteiger partial charge in [0, 0.05) is 30.6 Å². The number of rotatable bonds is 4. The van der Waals surface area contributed by atoms with Crippen molar-refractivity contribution in [2.75, 3.05) is 0 Å². The molecule has 1 aromatic heterocycles. The van der Waals surface area contributed by atoms with Gasteiger partial charge in [-0.3, -0.25) is 0 Å². The third kappa shape index (κ3) is 3.51. The summed E-state index contributed by atoms with van der Waals surface area (Å²) in [6.07, 6.45) is 3.82. The first kappa shape index (κ1) is 13.4. The molecule has 1 aliphatic carbocycles. The lowest BCUT2D eigenvalue weighted by molar-refractivity contribution is -0.605. The topological polar surface area (TPSA) is 68.1 Å². The summed E-state index contributed by atoms with van der Waals surface area (Å²) in [7, 11) is 0. The third-order valence-electron chi connectivity index (χ3n) is 3.66. The molecule has 1 fully saturated rings. The number of aromatic nitrogens is 1. The van der Waals surface area contributed by atoms with E-state index in [0.29, 0.717) is 12.5 Å². The Morgan fingerprint density at radius 3 is 2.62 bits per heavy atom. The van der Waals surface area contributed by atoms with Crippen LogP contribution in [0.2, 0.25) is 0 Å². The van der Waals surface area contributed by atoms with Crippen molar-refractivity contribution < 1.29 is 9.52 Å². The maximum atomic E-state index is 11.8. The van der Waals surface area contributed by atoms with Crippen molar-refractivity contribution in [1.82, 2.24) is 10.6 Å². The van der Waals surface area contributed by atoms with E-state index in [0.717, 1.165) is 16.7 Å². The Morgan fingerprint density at radius 2 is 1.90 bits per heavy atom. The Kier molecular flexibility index (Phi) is 3.73. The average Bonchev–Trinajstić information content (AvgIpc) is 3.27. The molecule has 2 amide bonds. The zero-order valence-corrected chi connectivity index (χ0v) is 11.5. The molecule has 5 nitrogen and oxygen atoms in total. The molecule has 1 saturated carbocycles. The van der Waals surface area contributed by atoms with Crippen LogP contribution in [-0.2, 0) is 6.54 Å². The molecular weight excluding hydrogens is 266 g/mol. The second-order valence-corrected chi connectivity index (χ2v) is 5.25. The fourth-order valence-corrected chi connectivity index (χ4v) is 2.39. The Morgan fingerprint density at radius 1 is 1.19 bits per heavy atom. The molecule has 2 atom stereocenters. The molecule has 21 heavy (non-hydrogen) atoms. The van der Waals surface area contributed by atoms with Gasteiger partial charge in [0.1, 0.15) is 0 Å². The number of urea groups is 1. The van der Waals surface area contributed by atoms with Crippen LogP contribution < -0.4 is 15.4 Å². The number of amides is 2. The van der Waals surface area contributed by atoms with Crippen molar-refractivity contribution >= 4 is 6.03 Å². The lowest BCUT2D eigenvalue weighted by Crippen LogP contribution is -2.37. The van der Waals surface area contributed by atoms with E-state index in [1.54, 1.807) is 12.1 Å². The first-order valence-corrected chi connectivity index (χ1v) is 6.99. The summed E-state index contributed by atoms with van der Waals surface area (Å²) in [6, 6.07) is 13.6. The number of carbonyl (C=O) groups is 1. The molecule has 1 heterocycles. The molecule has 0 unspecified atom stereocenters. The summed E-state index contributed by atoms with van der Waals surface area (Å²) < 4.78 is 0.720. The van der Waals surface area contributed by atoms with E-state index in [1.165, 1.54) is 18.0 Å². The molecule has 1 aliphatic rings. The minimum Gasteiger partial charge on any atom is -0.619 e. The molecular formula is C16H17N3O2. The van der Waals surface area contributed by atoms with Gasteiger partial charge in [0.15, 0.2) is 12.4 Å². The number of nitrogens with zero attached hydrogens (tertiary/aromatic N) is 1. The Balaban J connectivity index is 1.44. The highest BCUT2D eigenvalue weighted by Gasteiger charge is 2.39. The fraction of sp³-hybridized carbons (Fsp3) is 0.250. The first-order chi connectivity index (χ1) is 10.2. The molecule has 0 aliphatic heterocycles. The Hall–Kier alpha value is -2.56. The molecule has 108 valence electrons. The van der Waals surface area contributed by atoms with Gasteiger partial charge in [-0.15, -0.1) is 0 Å². The summed E-state index contributed by atoms with van der Waals surface area (Å²) in [5, 5.41) is 16.7. The van der Waals surface area contributed by atoms with Crippen molar-refractivity contribution in [1.29, 1.82) is 0 Å². The van der Waals surface area contributed by atoms with Crippen molar-refractivity contribution in [2.45, 2.75) is 24.9 Å². The number of pyridine rings is 1. The van der Waals surface area contributed by atoms with Crippen molar-refractivity contribution in [2.24, 2.45) is 0 Å². The van der Waals surface area contributed by atoms with Gasteiger partial charge in [0.25, 0.3) is 0 Å². The summed E-state index contributed by atoms with van der Waals surface area (Å²) in [6.45, 7) is 0.412. The van der Waals surface area contributed by atoms with E-state index < -0.39 is 0 Å². The van der Waals surface area contributed by atoms with Crippen LogP contribution >= 0.6 is 0 Å². The van der Waals surface area contributed by atoms with Gasteiger partial charge in [0.05, 0.1) is 0 Å². The summed E-state index contributed by atoms with van der Waals surface area (Å²) in [5.74, 6) is 0.424. The van der Waals surface area contributed by atoms with E-state index in [-0.39, 0.29) is 12.1 Å². The van der Waals surface area contributed by atoms with Crippen LogP contribution in [-0.4, -0.2) is 12.1 Å². The van der Waals surface area contributed by atoms with E-state index >= 15 is 0 Å². The molecule has 5 heteroatoms. The Bertz CT molecular complexity index is 613. The van der Waals surface area contributed by atoms with E-state index in [4.69, 9.17) is 0 Å². The SMILES string of the molecule is O=C(NCc1cc[n+]([O-])cc1)N[C@@H]1C[C@H]1c1ccccc1. The predicted molar refractivity (Wildman–Crippen MR) is 78.4 cm³/mol. The maximum absolute atomic E-state index is 11.8. The van der Waals surface area contributed by atoms with Crippen LogP contribution in [0.4, 0.5) is 4.79 Å². The molecule has 2 N–H and O–H groups in total. The van der Waals surface area contributed by atoms with Gasteiger partial charge in [-0.05, 0) is 17.5 Å². The van der Waals surface area contributed by atoms with Crippen LogP contribution in [0.5, 0.6) is 0 Å². The summed E-state index contributed by atoms with van der Waals surface area (Å²) in [4.78, 5) is 11.8. The normalized spacial score (nSPS) is 19.8. The quantitative estimate of drug-likeness (QED) is 0.662. The number of nitrogens with one attached hydrogen (secondary N) is 2. The number of hydrogen-bond donors (Lipinski definition) is 2. The molecule has 1 aromatic carbocycles. The van der Waals surface area contributed by atoms with Crippen LogP contribution in [0.1, 0.15) is 23.5 Å². The van der Waals surface area contributed by atoms with Crippen LogP contribution in [0.15, 0.2) is 54.9 Å². The zero-order chi connectivity index (χ0) is 14.7. The fourth-order valence-electron chi connectivity index (χ4n) is 2.39. The second-order valence-electron chi connectivity index (χ2n) is 5.25. The largest absolute Gasteiger partial charge is 0.619 e. The zero-order valence-electron chi connectivity index (χ0n) is 11.5. The minimum absolute atomic E-state index is 0.169. The summed E-state index contributed by atoms with van der Waals surface area (Å²) >= 11 is 0. The smallest absolute Gasteiger partial charge is 0.315 e. The molecule has 2 aromatic rings. The maximum Gasteiger partial charge on any atom is 0.315 e. The van der Waals surface area contributed by atoms with Gasteiger partial charge < -0.3 is 15.8 Å². The second kappa shape index (κ2) is 5.83. The van der Waals surface area contributed by atoms with Gasteiger partial charge in [-0.1, -0.05) is 30.3 Å². The van der Waals surface area contributed by atoms with E-state index in [9.17, 15) is 10.0 Å². The van der Waals surface area contributed by atoms with E-state index in [1.807, 2.05) is 18.2 Å². The molecule has 0 spiro atoms. The van der Waals surface area contributed by atoms with Gasteiger partial charge >= 0.3 is 6.03 Å². The average molecular weight is 283 g/mol. The van der Waals surface area contributed by atoms with Gasteiger partial charge in [-0.25, -0.2) is 4.79 Å². The highest BCUT2D eigenvalue weighted by molar-refractivity contribution is 5.74. The number of hydrogen-bond acceptors (Lipinski definition) is 2. The van der Waals surface area contributed by atoms with Crippen molar-refractivity contribution in [3.05, 3.63) is 71.2 Å². The van der Waals surface area contributed by atoms with Gasteiger partial charge in [0.2, 0.25) is 0 Å². The van der Waals surface area contributed by atoms with Crippen LogP contribution in [0.25, 0.3) is 0 Å². The van der Waals surface area contributed by atoms with E-state index in [2.05, 4.69) is 22.8 Å². The predicted octanol–water partition coefficient (Wildman–Crippen LogP) is 1.68. The van der Waals surface area contributed by atoms with Crippen LogP contribution in [0.3, 0.4) is 0 Å². The standard InChI is InChI=1S/C16H17N3O2/c20-16(17-11-12-6-8-19(21)9-7-12)18-15-10-14(15)13-4-2-1-3-5-13/h1-9,14-15H,10-11H2,(H2,17,18,20)/t14-,15+/m0/s1. The highest BCUT2D eigenvalue weighted by Crippen LogP contribution is 2.40. The molecule has 3 rings (SSSR count). The van der Waals surface area contributed by atoms with Crippen molar-refractivity contribution in [3.63, 3.8) is 0 Å². The monoisotopic (exact) mass is 283 g/mol. The van der Waals surface area contributed by atoms with Gasteiger partial charge in [-0.2, -0.15) is 4.73 Å². The highest BCUT2D eigenvalue weighted by atomic mass is 16.5. The summed E-state index contributed by atoms with van der Waals surface area (Å²) in [5.41, 5.74) is 2.17. The minimum atomic E-state index is -0.169. The Labute approximate surface area is 123 Å². The van der Waals surface area contributed by atoms with Crippen LogP contribution in [0, 0.1) is 5.21 Å². The lowest BCUT2D eigenvalue weighted by atomic mass is 10.1.